The van der Waals surface area contributed by atoms with Crippen molar-refractivity contribution < 1.29 is 9.90 Å². The van der Waals surface area contributed by atoms with Crippen molar-refractivity contribution >= 4 is 12.1 Å². The summed E-state index contributed by atoms with van der Waals surface area (Å²) < 4.78 is 1.92. The zero-order chi connectivity index (χ0) is 16.2. The number of rotatable bonds is 4. The molecule has 0 saturated carbocycles. The van der Waals surface area contributed by atoms with Gasteiger partial charge in [0.2, 0.25) is 0 Å². The smallest absolute Gasteiger partial charge is 0.289 e. The predicted molar refractivity (Wildman–Crippen MR) is 86.2 cm³/mol. The molecule has 2 heterocycles. The lowest BCUT2D eigenvalue weighted by atomic mass is 10.2. The SMILES string of the molecule is Cn1cccc1-c1cc(C(=O)N/N=C\c2ccc(O)cc2)[nH]n1. The van der Waals surface area contributed by atoms with Gasteiger partial charge in [0.25, 0.3) is 5.91 Å². The van der Waals surface area contributed by atoms with Crippen LogP contribution in [-0.2, 0) is 7.05 Å². The summed E-state index contributed by atoms with van der Waals surface area (Å²) in [4.78, 5) is 12.0. The summed E-state index contributed by atoms with van der Waals surface area (Å²) in [5.41, 5.74) is 5.11. The molecule has 0 bridgehead atoms. The average molecular weight is 309 g/mol. The van der Waals surface area contributed by atoms with Crippen LogP contribution < -0.4 is 5.43 Å². The monoisotopic (exact) mass is 309 g/mol. The first-order chi connectivity index (χ1) is 11.1. The lowest BCUT2D eigenvalue weighted by molar-refractivity contribution is 0.0950. The van der Waals surface area contributed by atoms with Gasteiger partial charge in [0.05, 0.1) is 11.9 Å². The fourth-order valence-electron chi connectivity index (χ4n) is 2.08. The number of phenolic OH excluding ortho intramolecular Hbond substituents is 1. The van der Waals surface area contributed by atoms with E-state index in [9.17, 15) is 9.90 Å². The van der Waals surface area contributed by atoms with E-state index >= 15 is 0 Å². The van der Waals surface area contributed by atoms with Gasteiger partial charge in [-0.25, -0.2) is 5.43 Å². The Kier molecular flexibility index (Phi) is 3.92. The van der Waals surface area contributed by atoms with Crippen LogP contribution in [0.25, 0.3) is 11.4 Å². The van der Waals surface area contributed by atoms with E-state index in [1.54, 1.807) is 30.3 Å². The number of aromatic hydroxyl groups is 1. The Balaban J connectivity index is 1.66. The fraction of sp³-hybridized carbons (Fsp3) is 0.0625. The lowest BCUT2D eigenvalue weighted by Crippen LogP contribution is -2.17. The van der Waals surface area contributed by atoms with E-state index in [1.807, 2.05) is 29.9 Å². The summed E-state index contributed by atoms with van der Waals surface area (Å²) in [5.74, 6) is -0.204. The first-order valence-electron chi connectivity index (χ1n) is 6.93. The van der Waals surface area contributed by atoms with E-state index in [1.165, 1.54) is 6.21 Å². The number of benzene rings is 1. The number of hydrogen-bond acceptors (Lipinski definition) is 4. The zero-order valence-electron chi connectivity index (χ0n) is 12.4. The molecular formula is C16H15N5O2. The molecule has 3 aromatic rings. The number of aryl methyl sites for hydroxylation is 1. The molecule has 0 aliphatic rings. The number of H-pyrrole nitrogens is 1. The Bertz CT molecular complexity index is 845. The second-order valence-corrected chi connectivity index (χ2v) is 4.96. The van der Waals surface area contributed by atoms with Crippen molar-refractivity contribution in [3.63, 3.8) is 0 Å². The average Bonchev–Trinajstić information content (AvgIpc) is 3.17. The molecule has 1 amide bonds. The number of hydrazone groups is 1. The minimum absolute atomic E-state index is 0.178. The molecule has 0 aliphatic carbocycles. The maximum absolute atomic E-state index is 12.0. The minimum Gasteiger partial charge on any atom is -0.508 e. The highest BCUT2D eigenvalue weighted by Crippen LogP contribution is 2.17. The van der Waals surface area contributed by atoms with Gasteiger partial charge in [0, 0.05) is 13.2 Å². The third-order valence-corrected chi connectivity index (χ3v) is 3.30. The molecule has 0 fully saturated rings. The number of aromatic nitrogens is 3. The van der Waals surface area contributed by atoms with E-state index in [-0.39, 0.29) is 11.7 Å². The molecule has 0 spiro atoms. The number of nitrogens with zero attached hydrogens (tertiary/aromatic N) is 3. The van der Waals surface area contributed by atoms with Crippen molar-refractivity contribution in [2.24, 2.45) is 12.1 Å². The van der Waals surface area contributed by atoms with Crippen molar-refractivity contribution in [2.75, 3.05) is 0 Å². The normalized spacial score (nSPS) is 11.0. The van der Waals surface area contributed by atoms with Crippen molar-refractivity contribution in [3.8, 4) is 17.1 Å². The standard InChI is InChI=1S/C16H15N5O2/c1-21-8-2-3-15(21)13-9-14(19-18-13)16(23)20-17-10-11-4-6-12(22)7-5-11/h2-10,22H,1H3,(H,18,19)(H,20,23)/b17-10-. The number of nitrogens with one attached hydrogen (secondary N) is 2. The van der Waals surface area contributed by atoms with E-state index in [0.717, 1.165) is 11.3 Å². The number of carbonyl (C=O) groups excluding carboxylic acids is 1. The van der Waals surface area contributed by atoms with Gasteiger partial charge < -0.3 is 9.67 Å². The van der Waals surface area contributed by atoms with Crippen molar-refractivity contribution in [2.45, 2.75) is 0 Å². The highest BCUT2D eigenvalue weighted by molar-refractivity contribution is 5.94. The van der Waals surface area contributed by atoms with Crippen LogP contribution in [0.2, 0.25) is 0 Å². The Morgan fingerprint density at radius 1 is 1.35 bits per heavy atom. The van der Waals surface area contributed by atoms with Gasteiger partial charge in [-0.15, -0.1) is 0 Å². The van der Waals surface area contributed by atoms with Crippen LogP contribution in [0.3, 0.4) is 0 Å². The van der Waals surface area contributed by atoms with Crippen molar-refractivity contribution in [3.05, 3.63) is 59.9 Å². The molecule has 3 rings (SSSR count). The van der Waals surface area contributed by atoms with Crippen LogP contribution in [0, 0.1) is 0 Å². The molecule has 0 saturated heterocycles. The molecule has 0 radical (unpaired) electrons. The number of aromatic amines is 1. The third-order valence-electron chi connectivity index (χ3n) is 3.30. The molecule has 0 unspecified atom stereocenters. The van der Waals surface area contributed by atoms with Gasteiger partial charge in [0.15, 0.2) is 0 Å². The van der Waals surface area contributed by atoms with Crippen molar-refractivity contribution in [1.82, 2.24) is 20.2 Å². The molecule has 3 N–H and O–H groups in total. The Hall–Kier alpha value is -3.35. The largest absolute Gasteiger partial charge is 0.508 e. The van der Waals surface area contributed by atoms with Crippen LogP contribution in [0.1, 0.15) is 16.1 Å². The maximum Gasteiger partial charge on any atom is 0.289 e. The molecule has 0 aliphatic heterocycles. The Labute approximate surface area is 132 Å². The van der Waals surface area contributed by atoms with Crippen LogP contribution >= 0.6 is 0 Å². The minimum atomic E-state index is -0.381. The molecular weight excluding hydrogens is 294 g/mol. The summed E-state index contributed by atoms with van der Waals surface area (Å²) in [5, 5.41) is 19.9. The van der Waals surface area contributed by atoms with E-state index in [0.29, 0.717) is 11.4 Å². The molecule has 23 heavy (non-hydrogen) atoms. The van der Waals surface area contributed by atoms with Gasteiger partial charge in [-0.3, -0.25) is 9.89 Å². The maximum atomic E-state index is 12.0. The molecule has 1 aromatic carbocycles. The van der Waals surface area contributed by atoms with Crippen molar-refractivity contribution in [1.29, 1.82) is 0 Å². The number of amides is 1. The second kappa shape index (κ2) is 6.18. The van der Waals surface area contributed by atoms with Crippen LogP contribution in [0.15, 0.2) is 53.8 Å². The summed E-state index contributed by atoms with van der Waals surface area (Å²) in [6.07, 6.45) is 3.40. The first-order valence-corrected chi connectivity index (χ1v) is 6.93. The van der Waals surface area contributed by atoms with E-state index < -0.39 is 0 Å². The third kappa shape index (κ3) is 3.29. The van der Waals surface area contributed by atoms with Crippen LogP contribution in [0.5, 0.6) is 5.75 Å². The van der Waals surface area contributed by atoms with Crippen LogP contribution in [0.4, 0.5) is 0 Å². The second-order valence-electron chi connectivity index (χ2n) is 4.96. The molecule has 116 valence electrons. The van der Waals surface area contributed by atoms with Gasteiger partial charge in [-0.05, 0) is 48.0 Å². The predicted octanol–water partition coefficient (Wildman–Crippen LogP) is 1.88. The van der Waals surface area contributed by atoms with Gasteiger partial charge in [-0.1, -0.05) is 0 Å². The number of phenols is 1. The highest BCUT2D eigenvalue weighted by atomic mass is 16.3. The fourth-order valence-corrected chi connectivity index (χ4v) is 2.08. The molecule has 0 atom stereocenters. The molecule has 7 heteroatoms. The lowest BCUT2D eigenvalue weighted by Gasteiger charge is -1.97. The zero-order valence-corrected chi connectivity index (χ0v) is 12.4. The van der Waals surface area contributed by atoms with Gasteiger partial charge in [0.1, 0.15) is 17.1 Å². The van der Waals surface area contributed by atoms with E-state index in [4.69, 9.17) is 0 Å². The Morgan fingerprint density at radius 3 is 2.83 bits per heavy atom. The quantitative estimate of drug-likeness (QED) is 0.507. The summed E-state index contributed by atoms with van der Waals surface area (Å²) in [7, 11) is 1.91. The highest BCUT2D eigenvalue weighted by Gasteiger charge is 2.11. The molecule has 2 aromatic heterocycles. The number of carbonyl (C=O) groups is 1. The topological polar surface area (TPSA) is 95.3 Å². The Morgan fingerprint density at radius 2 is 2.13 bits per heavy atom. The number of hydrogen-bond donors (Lipinski definition) is 3. The van der Waals surface area contributed by atoms with Gasteiger partial charge in [-0.2, -0.15) is 10.2 Å². The van der Waals surface area contributed by atoms with Crippen LogP contribution in [-0.4, -0.2) is 32.0 Å². The molecule has 7 nitrogen and oxygen atoms in total. The summed E-state index contributed by atoms with van der Waals surface area (Å²) in [6, 6.07) is 12.0. The van der Waals surface area contributed by atoms with Gasteiger partial charge >= 0.3 is 0 Å². The van der Waals surface area contributed by atoms with E-state index in [2.05, 4.69) is 20.7 Å². The summed E-state index contributed by atoms with van der Waals surface area (Å²) >= 11 is 0. The first kappa shape index (κ1) is 14.6. The summed E-state index contributed by atoms with van der Waals surface area (Å²) in [6.45, 7) is 0.